The van der Waals surface area contributed by atoms with Crippen molar-refractivity contribution < 1.29 is 0 Å². The average Bonchev–Trinajstić information content (AvgIpc) is 3.68. The van der Waals surface area contributed by atoms with Crippen LogP contribution in [0.5, 0.6) is 0 Å². The van der Waals surface area contributed by atoms with Crippen LogP contribution >= 0.6 is 0 Å². The molecule has 0 aliphatic heterocycles. The lowest BCUT2D eigenvalue weighted by atomic mass is 9.69. The highest BCUT2D eigenvalue weighted by atomic mass is 15.1. The van der Waals surface area contributed by atoms with Gasteiger partial charge in [0, 0.05) is 16.9 Å². The molecule has 0 radical (unpaired) electrons. The Labute approximate surface area is 303 Å². The molecular formula is C51H33N. The zero-order valence-electron chi connectivity index (χ0n) is 28.5. The van der Waals surface area contributed by atoms with Crippen molar-refractivity contribution in [2.24, 2.45) is 0 Å². The van der Waals surface area contributed by atoms with E-state index in [0.717, 1.165) is 17.1 Å². The number of rotatable bonds is 4. The Balaban J connectivity index is 1.20. The fourth-order valence-corrected chi connectivity index (χ4v) is 9.32. The molecule has 0 saturated carbocycles. The smallest absolute Gasteiger partial charge is 0.0731 e. The van der Waals surface area contributed by atoms with Gasteiger partial charge in [-0.05, 0) is 114 Å². The highest BCUT2D eigenvalue weighted by Gasteiger charge is 2.52. The number of fused-ring (bicyclic) bond motifs is 13. The van der Waals surface area contributed by atoms with E-state index in [-0.39, 0.29) is 0 Å². The fourth-order valence-electron chi connectivity index (χ4n) is 9.32. The van der Waals surface area contributed by atoms with E-state index in [2.05, 4.69) is 205 Å². The van der Waals surface area contributed by atoms with Crippen molar-refractivity contribution in [1.29, 1.82) is 0 Å². The number of hydrogen-bond acceptors (Lipinski definition) is 1. The minimum Gasteiger partial charge on any atom is -0.310 e. The van der Waals surface area contributed by atoms with Crippen molar-refractivity contribution in [2.75, 3.05) is 4.90 Å². The van der Waals surface area contributed by atoms with Gasteiger partial charge in [-0.25, -0.2) is 0 Å². The maximum absolute atomic E-state index is 2.47. The second kappa shape index (κ2) is 11.2. The number of nitrogens with zero attached hydrogens (tertiary/aromatic N) is 1. The molecule has 0 amide bonds. The third kappa shape index (κ3) is 3.99. The first-order valence-electron chi connectivity index (χ1n) is 18.1. The molecule has 0 atom stereocenters. The molecule has 2 aliphatic rings. The van der Waals surface area contributed by atoms with Gasteiger partial charge in [-0.2, -0.15) is 0 Å². The number of benzene rings is 9. The van der Waals surface area contributed by atoms with Crippen molar-refractivity contribution in [3.8, 4) is 33.4 Å². The summed E-state index contributed by atoms with van der Waals surface area (Å²) in [7, 11) is 0. The quantitative estimate of drug-likeness (QED) is 0.182. The van der Waals surface area contributed by atoms with Gasteiger partial charge < -0.3 is 4.90 Å². The Hall–Kier alpha value is -6.70. The summed E-state index contributed by atoms with van der Waals surface area (Å²) in [6.45, 7) is 0. The first-order valence-corrected chi connectivity index (χ1v) is 18.1. The van der Waals surface area contributed by atoms with Gasteiger partial charge in [0.15, 0.2) is 0 Å². The van der Waals surface area contributed by atoms with Gasteiger partial charge in [0.2, 0.25) is 0 Å². The van der Waals surface area contributed by atoms with Crippen LogP contribution in [-0.4, -0.2) is 0 Å². The molecule has 242 valence electrons. The molecule has 1 heteroatoms. The maximum Gasteiger partial charge on any atom is 0.0731 e. The van der Waals surface area contributed by atoms with Gasteiger partial charge in [0.1, 0.15) is 0 Å². The van der Waals surface area contributed by atoms with Gasteiger partial charge in [-0.15, -0.1) is 0 Å². The third-order valence-corrected chi connectivity index (χ3v) is 11.4. The predicted molar refractivity (Wildman–Crippen MR) is 218 cm³/mol. The predicted octanol–water partition coefficient (Wildman–Crippen LogP) is 13.5. The molecule has 0 aromatic heterocycles. The summed E-state index contributed by atoms with van der Waals surface area (Å²) in [5.74, 6) is 0. The van der Waals surface area contributed by atoms with E-state index < -0.39 is 5.41 Å². The van der Waals surface area contributed by atoms with E-state index >= 15 is 0 Å². The van der Waals surface area contributed by atoms with Crippen LogP contribution in [0.25, 0.3) is 54.9 Å². The number of anilines is 3. The molecule has 9 aromatic rings. The Morgan fingerprint density at radius 3 is 1.65 bits per heavy atom. The minimum atomic E-state index is -0.429. The molecule has 1 nitrogen and oxygen atoms in total. The summed E-state index contributed by atoms with van der Waals surface area (Å²) in [4.78, 5) is 2.41. The zero-order chi connectivity index (χ0) is 34.2. The van der Waals surface area contributed by atoms with Crippen molar-refractivity contribution in [1.82, 2.24) is 0 Å². The van der Waals surface area contributed by atoms with Crippen LogP contribution in [0.4, 0.5) is 17.1 Å². The Bertz CT molecular complexity index is 2800. The van der Waals surface area contributed by atoms with Gasteiger partial charge >= 0.3 is 0 Å². The molecule has 1 spiro atoms. The lowest BCUT2D eigenvalue weighted by molar-refractivity contribution is 0.802. The first kappa shape index (κ1) is 29.1. The first-order chi connectivity index (χ1) is 25.8. The van der Waals surface area contributed by atoms with Crippen LogP contribution in [0.2, 0.25) is 0 Å². The number of para-hydroxylation sites is 2. The Morgan fingerprint density at radius 1 is 0.327 bits per heavy atom. The molecular weight excluding hydrogens is 627 g/mol. The molecule has 0 saturated heterocycles. The van der Waals surface area contributed by atoms with Crippen LogP contribution < -0.4 is 4.90 Å². The minimum absolute atomic E-state index is 0.429. The average molecular weight is 660 g/mol. The topological polar surface area (TPSA) is 3.24 Å². The van der Waals surface area contributed by atoms with Crippen LogP contribution in [0.15, 0.2) is 200 Å². The number of hydrogen-bond donors (Lipinski definition) is 0. The van der Waals surface area contributed by atoms with Gasteiger partial charge in [0.05, 0.1) is 11.1 Å². The van der Waals surface area contributed by atoms with E-state index in [1.165, 1.54) is 77.2 Å². The third-order valence-electron chi connectivity index (χ3n) is 11.4. The van der Waals surface area contributed by atoms with Crippen molar-refractivity contribution in [3.05, 3.63) is 222 Å². The van der Waals surface area contributed by atoms with Crippen molar-refractivity contribution in [2.45, 2.75) is 5.41 Å². The van der Waals surface area contributed by atoms with Crippen LogP contribution in [0.3, 0.4) is 0 Å². The summed E-state index contributed by atoms with van der Waals surface area (Å²) in [6.07, 6.45) is 0. The standard InChI is InChI=1S/C51H33N/c1-3-15-34(16-4-1)40-21-11-14-26-49(40)52(38-19-5-2-6-20-38)39-28-30-41-37(31-39)27-29-44-45-32-35-17-7-8-18-36(35)33-48(45)51(50(41)44)46-24-12-9-22-42(46)43-23-10-13-25-47(43)51/h1-33H. The molecule has 0 bridgehead atoms. The van der Waals surface area contributed by atoms with Crippen molar-refractivity contribution >= 4 is 38.6 Å². The fraction of sp³-hybridized carbons (Fsp3) is 0.0196. The summed E-state index contributed by atoms with van der Waals surface area (Å²) >= 11 is 0. The summed E-state index contributed by atoms with van der Waals surface area (Å²) in [6, 6.07) is 73.9. The van der Waals surface area contributed by atoms with Gasteiger partial charge in [-0.1, -0.05) is 158 Å². The highest BCUT2D eigenvalue weighted by molar-refractivity contribution is 6.07. The van der Waals surface area contributed by atoms with E-state index in [1.807, 2.05) is 0 Å². The second-order valence-corrected chi connectivity index (χ2v) is 14.0. The Kier molecular flexibility index (Phi) is 6.23. The van der Waals surface area contributed by atoms with Gasteiger partial charge in [-0.3, -0.25) is 0 Å². The van der Waals surface area contributed by atoms with Crippen LogP contribution in [0.1, 0.15) is 22.3 Å². The summed E-state index contributed by atoms with van der Waals surface area (Å²) < 4.78 is 0. The van der Waals surface area contributed by atoms with E-state index in [1.54, 1.807) is 0 Å². The largest absolute Gasteiger partial charge is 0.310 e. The normalized spacial score (nSPS) is 13.2. The monoisotopic (exact) mass is 659 g/mol. The van der Waals surface area contributed by atoms with Crippen molar-refractivity contribution in [3.63, 3.8) is 0 Å². The van der Waals surface area contributed by atoms with Crippen LogP contribution in [0, 0.1) is 0 Å². The van der Waals surface area contributed by atoms with E-state index in [4.69, 9.17) is 0 Å². The van der Waals surface area contributed by atoms with E-state index in [0.29, 0.717) is 0 Å². The molecule has 0 N–H and O–H groups in total. The molecule has 0 fully saturated rings. The zero-order valence-corrected chi connectivity index (χ0v) is 28.5. The highest BCUT2D eigenvalue weighted by Crippen LogP contribution is 2.64. The lowest BCUT2D eigenvalue weighted by Gasteiger charge is -2.32. The Morgan fingerprint density at radius 2 is 0.923 bits per heavy atom. The SMILES string of the molecule is c1ccc(-c2ccccc2N(c2ccccc2)c2ccc3c4c(ccc3c2)-c2cc3ccccc3cc2C42c3ccccc3-c3ccccc32)cc1. The summed E-state index contributed by atoms with van der Waals surface area (Å²) in [5, 5.41) is 5.07. The van der Waals surface area contributed by atoms with Crippen LogP contribution in [-0.2, 0) is 5.41 Å². The molecule has 52 heavy (non-hydrogen) atoms. The maximum atomic E-state index is 2.47. The van der Waals surface area contributed by atoms with E-state index in [9.17, 15) is 0 Å². The molecule has 11 rings (SSSR count). The molecule has 0 heterocycles. The van der Waals surface area contributed by atoms with Gasteiger partial charge in [0.25, 0.3) is 0 Å². The lowest BCUT2D eigenvalue weighted by Crippen LogP contribution is -2.26. The molecule has 9 aromatic carbocycles. The molecule has 0 unspecified atom stereocenters. The summed E-state index contributed by atoms with van der Waals surface area (Å²) in [5.41, 5.74) is 16.2. The molecule has 2 aliphatic carbocycles. The second-order valence-electron chi connectivity index (χ2n) is 14.0.